The van der Waals surface area contributed by atoms with Gasteiger partial charge < -0.3 is 4.90 Å². The third-order valence-electron chi connectivity index (χ3n) is 4.70. The van der Waals surface area contributed by atoms with E-state index in [1.807, 2.05) is 20.8 Å². The zero-order valence-corrected chi connectivity index (χ0v) is 13.3. The maximum absolute atomic E-state index is 13.1. The fourth-order valence-corrected chi connectivity index (χ4v) is 2.80. The van der Waals surface area contributed by atoms with Gasteiger partial charge >= 0.3 is 6.18 Å². The fraction of sp³-hybridized carbons (Fsp3) is 0.588. The molecule has 1 saturated carbocycles. The number of alkyl halides is 3. The Morgan fingerprint density at radius 3 is 2.36 bits per heavy atom. The Bertz CT molecular complexity index is 553. The lowest BCUT2D eigenvalue weighted by Gasteiger charge is -2.28. The van der Waals surface area contributed by atoms with E-state index in [-0.39, 0.29) is 29.3 Å². The standard InChI is InChI=1S/C17H22F3NO/c1-10(2)11(3)21(4)16(22)14-9-13(14)12-7-5-6-8-15(12)17(18,19)20/h5-8,10-11,13-14H,9H2,1-4H3. The van der Waals surface area contributed by atoms with Crippen molar-refractivity contribution < 1.29 is 18.0 Å². The van der Waals surface area contributed by atoms with Crippen LogP contribution in [0.4, 0.5) is 13.2 Å². The Morgan fingerprint density at radius 1 is 1.23 bits per heavy atom. The van der Waals surface area contributed by atoms with Crippen LogP contribution in [0.5, 0.6) is 0 Å². The van der Waals surface area contributed by atoms with E-state index in [2.05, 4.69) is 0 Å². The number of amides is 1. The zero-order chi connectivity index (χ0) is 16.7. The molecule has 0 saturated heterocycles. The second-order valence-corrected chi connectivity index (χ2v) is 6.47. The van der Waals surface area contributed by atoms with Gasteiger partial charge in [0.25, 0.3) is 0 Å². The Balaban J connectivity index is 2.15. The number of nitrogens with zero attached hydrogens (tertiary/aromatic N) is 1. The molecular weight excluding hydrogens is 291 g/mol. The summed E-state index contributed by atoms with van der Waals surface area (Å²) in [4.78, 5) is 14.1. The number of carbonyl (C=O) groups excluding carboxylic acids is 1. The van der Waals surface area contributed by atoms with Gasteiger partial charge in [0.15, 0.2) is 0 Å². The summed E-state index contributed by atoms with van der Waals surface area (Å²) in [5, 5.41) is 0. The van der Waals surface area contributed by atoms with E-state index in [4.69, 9.17) is 0 Å². The number of hydrogen-bond donors (Lipinski definition) is 0. The van der Waals surface area contributed by atoms with E-state index < -0.39 is 11.7 Å². The largest absolute Gasteiger partial charge is 0.416 e. The van der Waals surface area contributed by atoms with Crippen LogP contribution in [0.2, 0.25) is 0 Å². The van der Waals surface area contributed by atoms with Gasteiger partial charge in [-0.15, -0.1) is 0 Å². The summed E-state index contributed by atoms with van der Waals surface area (Å²) >= 11 is 0. The molecule has 1 amide bonds. The summed E-state index contributed by atoms with van der Waals surface area (Å²) in [5.74, 6) is -0.376. The average molecular weight is 313 g/mol. The topological polar surface area (TPSA) is 20.3 Å². The minimum Gasteiger partial charge on any atom is -0.343 e. The van der Waals surface area contributed by atoms with Gasteiger partial charge in [0.05, 0.1) is 5.56 Å². The molecule has 22 heavy (non-hydrogen) atoms. The van der Waals surface area contributed by atoms with Gasteiger partial charge in [-0.2, -0.15) is 13.2 Å². The van der Waals surface area contributed by atoms with Crippen LogP contribution in [0, 0.1) is 11.8 Å². The monoisotopic (exact) mass is 313 g/mol. The first kappa shape index (κ1) is 16.8. The van der Waals surface area contributed by atoms with Gasteiger partial charge in [-0.25, -0.2) is 0 Å². The molecule has 3 atom stereocenters. The van der Waals surface area contributed by atoms with Crippen LogP contribution in [0.25, 0.3) is 0 Å². The predicted molar refractivity (Wildman–Crippen MR) is 79.4 cm³/mol. The van der Waals surface area contributed by atoms with Crippen LogP contribution in [0.1, 0.15) is 44.2 Å². The SMILES string of the molecule is CC(C)C(C)N(C)C(=O)C1CC1c1ccccc1C(F)(F)F. The first-order chi connectivity index (χ1) is 10.1. The molecular formula is C17H22F3NO. The van der Waals surface area contributed by atoms with Crippen LogP contribution in [0.3, 0.4) is 0 Å². The van der Waals surface area contributed by atoms with Crippen molar-refractivity contribution in [2.24, 2.45) is 11.8 Å². The number of rotatable bonds is 4. The molecule has 5 heteroatoms. The van der Waals surface area contributed by atoms with Crippen molar-refractivity contribution in [3.8, 4) is 0 Å². The molecule has 1 aliphatic rings. The number of carbonyl (C=O) groups is 1. The molecule has 0 bridgehead atoms. The van der Waals surface area contributed by atoms with Crippen LogP contribution in [-0.2, 0) is 11.0 Å². The smallest absolute Gasteiger partial charge is 0.343 e. The van der Waals surface area contributed by atoms with Crippen molar-refractivity contribution in [2.45, 2.75) is 45.3 Å². The number of benzene rings is 1. The van der Waals surface area contributed by atoms with Crippen molar-refractivity contribution in [2.75, 3.05) is 7.05 Å². The molecule has 1 aliphatic carbocycles. The highest BCUT2D eigenvalue weighted by Gasteiger charge is 2.49. The minimum atomic E-state index is -4.37. The third kappa shape index (κ3) is 3.28. The van der Waals surface area contributed by atoms with Crippen molar-refractivity contribution in [1.29, 1.82) is 0 Å². The molecule has 0 heterocycles. The highest BCUT2D eigenvalue weighted by Crippen LogP contribution is 2.51. The van der Waals surface area contributed by atoms with Crippen LogP contribution < -0.4 is 0 Å². The Hall–Kier alpha value is -1.52. The second kappa shape index (κ2) is 5.94. The van der Waals surface area contributed by atoms with Gasteiger partial charge in [-0.1, -0.05) is 32.0 Å². The molecule has 122 valence electrons. The molecule has 1 aromatic carbocycles. The van der Waals surface area contributed by atoms with Crippen LogP contribution >= 0.6 is 0 Å². The summed E-state index contributed by atoms with van der Waals surface area (Å²) in [6.45, 7) is 6.01. The highest BCUT2D eigenvalue weighted by molar-refractivity contribution is 5.83. The van der Waals surface area contributed by atoms with Crippen molar-refractivity contribution in [1.82, 2.24) is 4.90 Å². The van der Waals surface area contributed by atoms with Gasteiger partial charge in [-0.3, -0.25) is 4.79 Å². The van der Waals surface area contributed by atoms with E-state index >= 15 is 0 Å². The van der Waals surface area contributed by atoms with E-state index in [9.17, 15) is 18.0 Å². The molecule has 0 spiro atoms. The molecule has 2 nitrogen and oxygen atoms in total. The summed E-state index contributed by atoms with van der Waals surface area (Å²) < 4.78 is 39.2. The van der Waals surface area contributed by atoms with Gasteiger partial charge in [0, 0.05) is 19.0 Å². The first-order valence-electron chi connectivity index (χ1n) is 7.57. The quantitative estimate of drug-likeness (QED) is 0.811. The van der Waals surface area contributed by atoms with Gasteiger partial charge in [-0.05, 0) is 36.8 Å². The summed E-state index contributed by atoms with van der Waals surface area (Å²) in [6.07, 6.45) is -3.87. The molecule has 0 aromatic heterocycles. The van der Waals surface area contributed by atoms with Crippen LogP contribution in [-0.4, -0.2) is 23.9 Å². The lowest BCUT2D eigenvalue weighted by Crippen LogP contribution is -2.39. The molecule has 1 aromatic rings. The Morgan fingerprint density at radius 2 is 1.82 bits per heavy atom. The summed E-state index contributed by atoms with van der Waals surface area (Å²) in [7, 11) is 1.73. The van der Waals surface area contributed by atoms with E-state index in [0.29, 0.717) is 12.3 Å². The molecule has 3 unspecified atom stereocenters. The Kier molecular flexibility index (Phi) is 4.54. The fourth-order valence-electron chi connectivity index (χ4n) is 2.80. The first-order valence-corrected chi connectivity index (χ1v) is 7.57. The van der Waals surface area contributed by atoms with Crippen LogP contribution in [0.15, 0.2) is 24.3 Å². The maximum Gasteiger partial charge on any atom is 0.416 e. The molecule has 2 rings (SSSR count). The lowest BCUT2D eigenvalue weighted by atomic mass is 10.0. The van der Waals surface area contributed by atoms with Crippen molar-refractivity contribution >= 4 is 5.91 Å². The van der Waals surface area contributed by atoms with Gasteiger partial charge in [0.2, 0.25) is 5.91 Å². The molecule has 1 fully saturated rings. The van der Waals surface area contributed by atoms with E-state index in [0.717, 1.165) is 6.07 Å². The summed E-state index contributed by atoms with van der Waals surface area (Å²) in [5.41, 5.74) is -0.367. The molecule has 0 aliphatic heterocycles. The van der Waals surface area contributed by atoms with E-state index in [1.165, 1.54) is 12.1 Å². The molecule has 0 radical (unpaired) electrons. The lowest BCUT2D eigenvalue weighted by molar-refractivity contribution is -0.139. The maximum atomic E-state index is 13.1. The van der Waals surface area contributed by atoms with Gasteiger partial charge in [0.1, 0.15) is 0 Å². The zero-order valence-electron chi connectivity index (χ0n) is 13.3. The second-order valence-electron chi connectivity index (χ2n) is 6.47. The summed E-state index contributed by atoms with van der Waals surface area (Å²) in [6, 6.07) is 5.65. The number of halogens is 3. The highest BCUT2D eigenvalue weighted by atomic mass is 19.4. The Labute approximate surface area is 129 Å². The van der Waals surface area contributed by atoms with Crippen molar-refractivity contribution in [3.63, 3.8) is 0 Å². The number of hydrogen-bond acceptors (Lipinski definition) is 1. The van der Waals surface area contributed by atoms with Crippen molar-refractivity contribution in [3.05, 3.63) is 35.4 Å². The van der Waals surface area contributed by atoms with E-state index in [1.54, 1.807) is 18.0 Å². The predicted octanol–water partition coefficient (Wildman–Crippen LogP) is 4.31. The minimum absolute atomic E-state index is 0.0526. The third-order valence-corrected chi connectivity index (χ3v) is 4.70. The average Bonchev–Trinajstić information content (AvgIpc) is 3.24. The normalized spacial score (nSPS) is 22.5. The molecule has 0 N–H and O–H groups in total.